The van der Waals surface area contributed by atoms with Crippen LogP contribution in [0.4, 0.5) is 0 Å². The van der Waals surface area contributed by atoms with Gasteiger partial charge >= 0.3 is 0 Å². The number of rotatable bonds is 1. The van der Waals surface area contributed by atoms with Crippen molar-refractivity contribution in [1.82, 2.24) is 0 Å². The molecule has 0 amide bonds. The lowest BCUT2D eigenvalue weighted by atomic mass is 10.0. The molecular formula is C16H16O3. The second-order valence-corrected chi connectivity index (χ2v) is 4.79. The first-order chi connectivity index (χ1) is 9.19. The van der Waals surface area contributed by atoms with E-state index in [2.05, 4.69) is 6.07 Å². The molecule has 2 aromatic carbocycles. The van der Waals surface area contributed by atoms with Gasteiger partial charge in [0.1, 0.15) is 23.0 Å². The summed E-state index contributed by atoms with van der Waals surface area (Å²) < 4.78 is 11.4. The number of fused-ring (bicyclic) bond motifs is 2. The smallest absolute Gasteiger partial charge is 0.138 e. The predicted octanol–water partition coefficient (Wildman–Crippen LogP) is 3.60. The van der Waals surface area contributed by atoms with E-state index in [1.165, 1.54) is 5.56 Å². The molecule has 2 aromatic rings. The van der Waals surface area contributed by atoms with Crippen molar-refractivity contribution in [2.24, 2.45) is 0 Å². The maximum absolute atomic E-state index is 9.75. The highest BCUT2D eigenvalue weighted by molar-refractivity contribution is 5.55. The maximum atomic E-state index is 9.75. The minimum Gasteiger partial charge on any atom is -0.508 e. The Labute approximate surface area is 112 Å². The second kappa shape index (κ2) is 4.50. The van der Waals surface area contributed by atoms with Crippen LogP contribution in [0.5, 0.6) is 23.0 Å². The minimum atomic E-state index is 0.160. The van der Waals surface area contributed by atoms with Gasteiger partial charge in [-0.1, -0.05) is 18.2 Å². The molecule has 3 rings (SSSR count). The van der Waals surface area contributed by atoms with Gasteiger partial charge in [0.05, 0.1) is 7.11 Å². The lowest BCUT2D eigenvalue weighted by Gasteiger charge is -2.13. The van der Waals surface area contributed by atoms with Gasteiger partial charge in [0.15, 0.2) is 0 Å². The van der Waals surface area contributed by atoms with Crippen molar-refractivity contribution >= 4 is 0 Å². The van der Waals surface area contributed by atoms with Crippen LogP contribution in [0, 0.1) is 6.92 Å². The third-order valence-electron chi connectivity index (χ3n) is 3.52. The van der Waals surface area contributed by atoms with E-state index >= 15 is 0 Å². The first kappa shape index (κ1) is 11.9. The van der Waals surface area contributed by atoms with Gasteiger partial charge in [-0.05, 0) is 30.9 Å². The molecule has 0 saturated carbocycles. The largest absolute Gasteiger partial charge is 0.508 e. The molecule has 1 N–H and O–H groups in total. The van der Waals surface area contributed by atoms with Crippen LogP contribution in [0.3, 0.4) is 0 Å². The number of methoxy groups -OCH3 is 1. The summed E-state index contributed by atoms with van der Waals surface area (Å²) in [6.45, 7) is 2.03. The van der Waals surface area contributed by atoms with Gasteiger partial charge in [0.2, 0.25) is 0 Å². The molecule has 3 nitrogen and oxygen atoms in total. The standard InChI is InChI=1S/C16H16O3/c1-10-4-3-5-11-6-7-13-14(18-2)8-12(17)9-15(13)19-16(10)11/h3-5,8-9,17H,6-7H2,1-2H3. The Morgan fingerprint density at radius 1 is 1.21 bits per heavy atom. The van der Waals surface area contributed by atoms with Crippen molar-refractivity contribution in [2.75, 3.05) is 7.11 Å². The molecule has 98 valence electrons. The average molecular weight is 256 g/mol. The summed E-state index contributed by atoms with van der Waals surface area (Å²) in [4.78, 5) is 0. The first-order valence-electron chi connectivity index (χ1n) is 6.35. The van der Waals surface area contributed by atoms with Crippen LogP contribution >= 0.6 is 0 Å². The van der Waals surface area contributed by atoms with Crippen LogP contribution in [-0.4, -0.2) is 12.2 Å². The Kier molecular flexibility index (Phi) is 2.82. The third-order valence-corrected chi connectivity index (χ3v) is 3.52. The van der Waals surface area contributed by atoms with Crippen LogP contribution in [0.1, 0.15) is 16.7 Å². The van der Waals surface area contributed by atoms with E-state index in [-0.39, 0.29) is 5.75 Å². The van der Waals surface area contributed by atoms with Crippen molar-refractivity contribution in [3.63, 3.8) is 0 Å². The molecule has 1 aliphatic heterocycles. The van der Waals surface area contributed by atoms with Gasteiger partial charge in [-0.3, -0.25) is 0 Å². The lowest BCUT2D eigenvalue weighted by Crippen LogP contribution is -1.94. The number of hydrogen-bond donors (Lipinski definition) is 1. The van der Waals surface area contributed by atoms with Crippen molar-refractivity contribution in [1.29, 1.82) is 0 Å². The fourth-order valence-corrected chi connectivity index (χ4v) is 2.55. The minimum absolute atomic E-state index is 0.160. The summed E-state index contributed by atoms with van der Waals surface area (Å²) in [5.74, 6) is 2.42. The highest BCUT2D eigenvalue weighted by atomic mass is 16.5. The zero-order valence-corrected chi connectivity index (χ0v) is 11.1. The van der Waals surface area contributed by atoms with Crippen LogP contribution < -0.4 is 9.47 Å². The number of benzene rings is 2. The summed E-state index contributed by atoms with van der Waals surface area (Å²) >= 11 is 0. The van der Waals surface area contributed by atoms with E-state index in [4.69, 9.17) is 9.47 Å². The highest BCUT2D eigenvalue weighted by Gasteiger charge is 2.20. The van der Waals surface area contributed by atoms with Gasteiger partial charge in [-0.2, -0.15) is 0 Å². The molecule has 0 fully saturated rings. The SMILES string of the molecule is COc1cc(O)cc2c1CCc1cccc(C)c1O2. The van der Waals surface area contributed by atoms with Crippen molar-refractivity contribution in [2.45, 2.75) is 19.8 Å². The van der Waals surface area contributed by atoms with Gasteiger partial charge in [0.25, 0.3) is 0 Å². The first-order valence-corrected chi connectivity index (χ1v) is 6.35. The molecule has 0 spiro atoms. The monoisotopic (exact) mass is 256 g/mol. The van der Waals surface area contributed by atoms with Gasteiger partial charge in [-0.25, -0.2) is 0 Å². The molecule has 0 saturated heterocycles. The highest BCUT2D eigenvalue weighted by Crippen LogP contribution is 2.41. The molecule has 0 radical (unpaired) electrons. The van der Waals surface area contributed by atoms with Crippen LogP contribution in [-0.2, 0) is 12.8 Å². The van der Waals surface area contributed by atoms with Gasteiger partial charge < -0.3 is 14.6 Å². The molecule has 0 aliphatic carbocycles. The van der Waals surface area contributed by atoms with Crippen molar-refractivity contribution < 1.29 is 14.6 Å². The molecule has 1 heterocycles. The van der Waals surface area contributed by atoms with E-state index in [1.54, 1.807) is 19.2 Å². The van der Waals surface area contributed by atoms with E-state index in [0.29, 0.717) is 11.5 Å². The van der Waals surface area contributed by atoms with E-state index in [1.807, 2.05) is 19.1 Å². The Morgan fingerprint density at radius 2 is 2.05 bits per heavy atom. The van der Waals surface area contributed by atoms with Gasteiger partial charge in [0, 0.05) is 17.7 Å². The zero-order chi connectivity index (χ0) is 13.4. The van der Waals surface area contributed by atoms with Crippen molar-refractivity contribution in [3.8, 4) is 23.0 Å². The number of ether oxygens (including phenoxy) is 2. The number of aromatic hydroxyl groups is 1. The summed E-state index contributed by atoms with van der Waals surface area (Å²) in [5, 5.41) is 9.75. The number of aryl methyl sites for hydroxylation is 2. The van der Waals surface area contributed by atoms with E-state index < -0.39 is 0 Å². The quantitative estimate of drug-likeness (QED) is 0.847. The second-order valence-electron chi connectivity index (χ2n) is 4.79. The van der Waals surface area contributed by atoms with Crippen LogP contribution in [0.15, 0.2) is 30.3 Å². The molecule has 0 bridgehead atoms. The molecule has 0 atom stereocenters. The Bertz CT molecular complexity index is 632. The number of para-hydroxylation sites is 1. The van der Waals surface area contributed by atoms with E-state index in [9.17, 15) is 5.11 Å². The molecule has 0 unspecified atom stereocenters. The predicted molar refractivity (Wildman–Crippen MR) is 73.3 cm³/mol. The molecule has 1 aliphatic rings. The van der Waals surface area contributed by atoms with Gasteiger partial charge in [-0.15, -0.1) is 0 Å². The normalized spacial score (nSPS) is 12.9. The summed E-state index contributed by atoms with van der Waals surface area (Å²) in [7, 11) is 1.61. The molecule has 0 aromatic heterocycles. The number of phenols is 1. The molecule has 19 heavy (non-hydrogen) atoms. The zero-order valence-electron chi connectivity index (χ0n) is 11.1. The molecule has 3 heteroatoms. The fraction of sp³-hybridized carbons (Fsp3) is 0.250. The number of phenolic OH excluding ortho intramolecular Hbond substituents is 1. The fourth-order valence-electron chi connectivity index (χ4n) is 2.55. The maximum Gasteiger partial charge on any atom is 0.138 e. The Hall–Kier alpha value is -2.16. The summed E-state index contributed by atoms with van der Waals surface area (Å²) in [6, 6.07) is 9.44. The van der Waals surface area contributed by atoms with E-state index in [0.717, 1.165) is 29.7 Å². The number of hydrogen-bond acceptors (Lipinski definition) is 3. The van der Waals surface area contributed by atoms with Crippen LogP contribution in [0.2, 0.25) is 0 Å². The summed E-state index contributed by atoms with van der Waals surface area (Å²) in [5.41, 5.74) is 3.31. The molecular weight excluding hydrogens is 240 g/mol. The lowest BCUT2D eigenvalue weighted by molar-refractivity contribution is 0.394. The van der Waals surface area contributed by atoms with Crippen LogP contribution in [0.25, 0.3) is 0 Å². The Balaban J connectivity index is 2.15. The summed E-state index contributed by atoms with van der Waals surface area (Å²) in [6.07, 6.45) is 1.75. The third kappa shape index (κ3) is 2.01. The average Bonchev–Trinajstić information content (AvgIpc) is 2.58. The van der Waals surface area contributed by atoms with Crippen molar-refractivity contribution in [3.05, 3.63) is 47.0 Å². The topological polar surface area (TPSA) is 38.7 Å². The Morgan fingerprint density at radius 3 is 2.84 bits per heavy atom.